The van der Waals surface area contributed by atoms with Gasteiger partial charge in [0.05, 0.1) is 66.1 Å². The van der Waals surface area contributed by atoms with Gasteiger partial charge in [-0.25, -0.2) is 9.59 Å². The summed E-state index contributed by atoms with van der Waals surface area (Å²) in [4.78, 5) is 53.3. The number of carboxylic acids is 3. The van der Waals surface area contributed by atoms with E-state index in [1.807, 2.05) is 0 Å². The molecule has 0 unspecified atom stereocenters. The number of nitrogens with two attached hydrogens (primary N) is 2. The van der Waals surface area contributed by atoms with E-state index in [9.17, 15) is 86.1 Å². The molecule has 8 rings (SSSR count). The summed E-state index contributed by atoms with van der Waals surface area (Å²) >= 11 is 0. The first-order chi connectivity index (χ1) is 39.1. The maximum atomic E-state index is 13.1. The Bertz CT molecular complexity index is 4540. The van der Waals surface area contributed by atoms with Gasteiger partial charge in [-0.3, -0.25) is 38.6 Å². The molecule has 0 saturated carbocycles. The number of hydrogen-bond donors (Lipinski definition) is 12. The van der Waals surface area contributed by atoms with Gasteiger partial charge in [0.1, 0.15) is 5.78 Å². The van der Waals surface area contributed by atoms with Crippen LogP contribution in [-0.4, -0.2) is 130 Å². The van der Waals surface area contributed by atoms with E-state index in [0.29, 0.717) is 0 Å². The van der Waals surface area contributed by atoms with E-state index < -0.39 is 134 Å². The average Bonchev–Trinajstić information content (AvgIpc) is 0.743. The van der Waals surface area contributed by atoms with Gasteiger partial charge in [-0.05, 0) is 97.8 Å². The number of anilines is 2. The molecule has 4 aromatic rings. The minimum absolute atomic E-state index is 0. The fourth-order valence-electron chi connectivity index (χ4n) is 8.38. The molecule has 14 N–H and O–H groups in total. The fraction of sp³-hybridized carbons (Fsp3) is 0.189. The summed E-state index contributed by atoms with van der Waals surface area (Å²) in [6.45, 7) is 3.35. The minimum Gasteiger partial charge on any atom is -0.481 e. The Kier molecular flexibility index (Phi) is 22.1. The third-order valence-electron chi connectivity index (χ3n) is 11.6. The van der Waals surface area contributed by atoms with Gasteiger partial charge < -0.3 is 55.2 Å². The van der Waals surface area contributed by atoms with E-state index in [4.69, 9.17) is 45.7 Å². The van der Waals surface area contributed by atoms with Crippen molar-refractivity contribution in [2.75, 3.05) is 44.4 Å². The summed E-state index contributed by atoms with van der Waals surface area (Å²) in [5.74, 6) is -5.73. The zero-order chi connectivity index (χ0) is 62.6. The number of ether oxygens (including phenoxy) is 2. The number of ketones is 1. The average molecular weight is 1270 g/mol. The molecule has 1 amide bonds. The van der Waals surface area contributed by atoms with Gasteiger partial charge in [-0.15, -0.1) is 0 Å². The summed E-state index contributed by atoms with van der Waals surface area (Å²) < 4.78 is 159. The van der Waals surface area contributed by atoms with Gasteiger partial charge >= 0.3 is 17.9 Å². The lowest BCUT2D eigenvalue weighted by atomic mass is 9.89. The van der Waals surface area contributed by atoms with Crippen LogP contribution in [0.1, 0.15) is 66.2 Å². The van der Waals surface area contributed by atoms with Crippen LogP contribution in [0, 0.1) is 10.8 Å². The Hall–Kier alpha value is -9.03. The Morgan fingerprint density at radius 3 is 1.35 bits per heavy atom. The molecular formula is C53H55N5O24S4. The minimum atomic E-state index is -5.21. The highest BCUT2D eigenvalue weighted by Gasteiger charge is 2.34. The standard InChI is InChI=1S/C28H27N3O14S2.C20H14N2O9S2.C3H6O.2CH4/c29-19-5-3-16-22(17-4-6-20(30)26(47(40,41)42)24(17)45-23(16)25(19)46(37,38)39)18-13-14(1-2-15(18)28(35)36)27(34)31-8-10-44-12-11-43-9-7-21(32)33;21-13-7-5-11-15(9-3-1-2-4-10(9)20(23)24)12-6-8-14(22)19(33(28,29)30)17(12)31-16(11)18(13)32(25,26)27;1-3(2)4;;/h1-6,13,29H,7-12,30H2,(H,31,34)(H,32,33)(H,35,36)(H,37,38,39)(H,40,41,42);1-8,21H,22H2,(H,23,24)(H,25,26,27)(H,28,29,30);1-2H3;2*1H4. The molecule has 0 spiro atoms. The summed E-state index contributed by atoms with van der Waals surface area (Å²) in [7, 11) is -20.4. The largest absolute Gasteiger partial charge is 0.481 e. The van der Waals surface area contributed by atoms with Crippen LogP contribution in [0.25, 0.3) is 66.8 Å². The lowest BCUT2D eigenvalue weighted by Gasteiger charge is -2.20. The molecule has 0 saturated heterocycles. The summed E-state index contributed by atoms with van der Waals surface area (Å²) in [6.07, 6.45) is -0.162. The van der Waals surface area contributed by atoms with Crippen LogP contribution in [0.2, 0.25) is 0 Å². The number of nitrogen functional groups attached to an aromatic ring is 2. The maximum absolute atomic E-state index is 13.1. The van der Waals surface area contributed by atoms with Crippen LogP contribution in [0.4, 0.5) is 11.4 Å². The molecule has 0 aromatic heterocycles. The SMILES string of the molecule is C.C.CC(C)=O.N=c1ccc2c(-c3cc(C(=O)NCCOCCOCCC(=O)O)ccc3C(=O)O)c3ccc(N)c(S(=O)(=O)O)c3oc-2c1S(=O)(=O)O.N=c1ccc2c(-c3ccccc3C(=O)O)c3ccc(N)c(S(=O)(=O)O)c3oc-2c1S(=O)(=O)O. The van der Waals surface area contributed by atoms with Crippen molar-refractivity contribution in [2.24, 2.45) is 0 Å². The number of Topliss-reactive ketones (excluding diaryl/α,β-unsaturated/α-hetero) is 1. The van der Waals surface area contributed by atoms with Gasteiger partial charge in [-0.2, -0.15) is 33.7 Å². The van der Waals surface area contributed by atoms with E-state index in [2.05, 4.69) is 5.32 Å². The highest BCUT2D eigenvalue weighted by Crippen LogP contribution is 2.47. The van der Waals surface area contributed by atoms with Crippen molar-refractivity contribution in [1.82, 2.24) is 5.32 Å². The zero-order valence-electron chi connectivity index (χ0n) is 43.3. The number of benzene rings is 6. The summed E-state index contributed by atoms with van der Waals surface area (Å²) in [5.41, 5.74) is 8.02. The highest BCUT2D eigenvalue weighted by atomic mass is 32.2. The van der Waals surface area contributed by atoms with Gasteiger partial charge in [0.25, 0.3) is 46.4 Å². The number of carboxylic acid groups (broad SMARTS) is 3. The maximum Gasteiger partial charge on any atom is 0.336 e. The molecule has 0 radical (unpaired) electrons. The van der Waals surface area contributed by atoms with Crippen molar-refractivity contribution in [3.63, 3.8) is 0 Å². The molecular weight excluding hydrogens is 1220 g/mol. The summed E-state index contributed by atoms with van der Waals surface area (Å²) in [5, 5.41) is 45.3. The van der Waals surface area contributed by atoms with Gasteiger partial charge in [0.15, 0.2) is 42.3 Å². The third-order valence-corrected chi connectivity index (χ3v) is 15.3. The van der Waals surface area contributed by atoms with Crippen LogP contribution in [-0.2, 0) is 59.5 Å². The van der Waals surface area contributed by atoms with Crippen LogP contribution >= 0.6 is 0 Å². The first-order valence-corrected chi connectivity index (χ1v) is 29.3. The van der Waals surface area contributed by atoms with Crippen LogP contribution < -0.4 is 27.5 Å². The highest BCUT2D eigenvalue weighted by molar-refractivity contribution is 7.87. The van der Waals surface area contributed by atoms with Crippen molar-refractivity contribution < 1.29 is 109 Å². The van der Waals surface area contributed by atoms with E-state index in [0.717, 1.165) is 36.4 Å². The zero-order valence-corrected chi connectivity index (χ0v) is 46.5. The number of nitrogens with one attached hydrogen (secondary N) is 3. The van der Waals surface area contributed by atoms with Crippen molar-refractivity contribution in [1.29, 1.82) is 10.8 Å². The molecule has 0 atom stereocenters. The van der Waals surface area contributed by atoms with Gasteiger partial charge in [0, 0.05) is 45.1 Å². The molecule has 2 aliphatic carbocycles. The van der Waals surface area contributed by atoms with Gasteiger partial charge in [-0.1, -0.05) is 33.1 Å². The lowest BCUT2D eigenvalue weighted by molar-refractivity contribution is -0.138. The predicted molar refractivity (Wildman–Crippen MR) is 306 cm³/mol. The number of hydrogen-bond acceptors (Lipinski definition) is 21. The Balaban J connectivity index is 0.000000356. The Labute approximate surface area is 489 Å². The number of carbonyl (C=O) groups is 5. The van der Waals surface area contributed by atoms with Crippen molar-refractivity contribution in [3.8, 4) is 44.9 Å². The lowest BCUT2D eigenvalue weighted by Crippen LogP contribution is -2.27. The van der Waals surface area contributed by atoms with E-state index in [-0.39, 0.29) is 115 Å². The second-order valence-corrected chi connectivity index (χ2v) is 23.1. The second kappa shape index (κ2) is 27.3. The molecule has 0 fully saturated rings. The van der Waals surface area contributed by atoms with E-state index in [1.54, 1.807) is 0 Å². The molecule has 0 bridgehead atoms. The number of aliphatic carboxylic acids is 1. The Morgan fingerprint density at radius 1 is 0.523 bits per heavy atom. The first kappa shape index (κ1) is 69.5. The smallest absolute Gasteiger partial charge is 0.336 e. The molecule has 2 aliphatic heterocycles. The second-order valence-electron chi connectivity index (χ2n) is 17.7. The molecule has 86 heavy (non-hydrogen) atoms. The number of aromatic carboxylic acids is 2. The monoisotopic (exact) mass is 1270 g/mol. The summed E-state index contributed by atoms with van der Waals surface area (Å²) in [6, 6.07) is 18.3. The number of carbonyl (C=O) groups excluding carboxylic acids is 2. The molecule has 4 aromatic carbocycles. The number of fused-ring (bicyclic) bond motifs is 4. The van der Waals surface area contributed by atoms with Gasteiger partial charge in [0.2, 0.25) is 0 Å². The normalized spacial score (nSPS) is 11.6. The van der Waals surface area contributed by atoms with Crippen LogP contribution in [0.15, 0.2) is 119 Å². The van der Waals surface area contributed by atoms with E-state index >= 15 is 0 Å². The van der Waals surface area contributed by atoms with Crippen LogP contribution in [0.3, 0.4) is 0 Å². The molecule has 4 aliphatic rings. The number of amides is 1. The third kappa shape index (κ3) is 15.4. The molecule has 2 heterocycles. The predicted octanol–water partition coefficient (Wildman–Crippen LogP) is 6.02. The molecule has 33 heteroatoms. The quantitative estimate of drug-likeness (QED) is 0.0202. The topological polar surface area (TPSA) is 520 Å². The van der Waals surface area contributed by atoms with Crippen molar-refractivity contribution >= 4 is 103 Å². The fourth-order valence-corrected chi connectivity index (χ4v) is 11.3. The van der Waals surface area contributed by atoms with Crippen LogP contribution in [0.5, 0.6) is 0 Å². The Morgan fingerprint density at radius 2 is 0.930 bits per heavy atom. The molecule has 29 nitrogen and oxygen atoms in total. The molecule has 460 valence electrons. The van der Waals surface area contributed by atoms with E-state index in [1.165, 1.54) is 68.4 Å². The van der Waals surface area contributed by atoms with Crippen molar-refractivity contribution in [3.05, 3.63) is 118 Å². The first-order valence-electron chi connectivity index (χ1n) is 23.5. The number of rotatable bonds is 18. The van der Waals surface area contributed by atoms with Crippen molar-refractivity contribution in [2.45, 2.75) is 54.7 Å².